The van der Waals surface area contributed by atoms with E-state index >= 15 is 0 Å². The summed E-state index contributed by atoms with van der Waals surface area (Å²) in [6, 6.07) is 14.6. The number of pyridine rings is 1. The van der Waals surface area contributed by atoms with Crippen LogP contribution in [-0.4, -0.2) is 15.8 Å². The van der Waals surface area contributed by atoms with Gasteiger partial charge in [0.25, 0.3) is 11.6 Å². The predicted molar refractivity (Wildman–Crippen MR) is 91.8 cm³/mol. The van der Waals surface area contributed by atoms with Crippen LogP contribution in [0.25, 0.3) is 0 Å². The molecule has 0 unspecified atom stereocenters. The monoisotopic (exact) mass is 353 g/mol. The van der Waals surface area contributed by atoms with E-state index in [0.29, 0.717) is 5.75 Å². The van der Waals surface area contributed by atoms with E-state index in [9.17, 15) is 19.3 Å². The number of carbonyl (C=O) groups is 1. The van der Waals surface area contributed by atoms with Gasteiger partial charge in [-0.3, -0.25) is 14.9 Å². The van der Waals surface area contributed by atoms with Crippen molar-refractivity contribution in [3.05, 3.63) is 88.4 Å². The van der Waals surface area contributed by atoms with Crippen molar-refractivity contribution in [3.63, 3.8) is 0 Å². The highest BCUT2D eigenvalue weighted by Crippen LogP contribution is 2.25. The largest absolute Gasteiger partial charge is 0.438 e. The van der Waals surface area contributed by atoms with E-state index in [2.05, 4.69) is 10.3 Å². The van der Waals surface area contributed by atoms with Gasteiger partial charge in [0.1, 0.15) is 17.1 Å². The average Bonchev–Trinajstić information content (AvgIpc) is 2.64. The van der Waals surface area contributed by atoms with Crippen LogP contribution in [0.4, 0.5) is 15.8 Å². The highest BCUT2D eigenvalue weighted by Gasteiger charge is 2.18. The molecule has 1 aromatic heterocycles. The van der Waals surface area contributed by atoms with Crippen molar-refractivity contribution in [2.45, 2.75) is 0 Å². The van der Waals surface area contributed by atoms with E-state index in [4.69, 9.17) is 4.74 Å². The quantitative estimate of drug-likeness (QED) is 0.549. The van der Waals surface area contributed by atoms with Crippen molar-refractivity contribution in [3.8, 4) is 11.6 Å². The number of carbonyl (C=O) groups excluding carboxylic acids is 1. The van der Waals surface area contributed by atoms with Gasteiger partial charge in [0.05, 0.1) is 10.6 Å². The number of para-hydroxylation sites is 1. The molecule has 1 amide bonds. The molecule has 0 bridgehead atoms. The number of ether oxygens (including phenoxy) is 1. The molecular formula is C18H12FN3O4. The third-order valence-corrected chi connectivity index (χ3v) is 3.38. The van der Waals surface area contributed by atoms with Crippen LogP contribution in [0.1, 0.15) is 10.4 Å². The first-order chi connectivity index (χ1) is 12.5. The second kappa shape index (κ2) is 7.39. The van der Waals surface area contributed by atoms with Gasteiger partial charge in [0.2, 0.25) is 5.88 Å². The zero-order chi connectivity index (χ0) is 18.5. The molecule has 0 atom stereocenters. The van der Waals surface area contributed by atoms with Crippen molar-refractivity contribution in [1.29, 1.82) is 0 Å². The maximum atomic E-state index is 13.9. The van der Waals surface area contributed by atoms with E-state index in [-0.39, 0.29) is 22.8 Å². The summed E-state index contributed by atoms with van der Waals surface area (Å²) in [4.78, 5) is 26.7. The smallest absolute Gasteiger partial charge is 0.271 e. The molecule has 0 aliphatic carbocycles. The lowest BCUT2D eigenvalue weighted by molar-refractivity contribution is -0.384. The molecule has 8 heteroatoms. The summed E-state index contributed by atoms with van der Waals surface area (Å²) in [5, 5.41) is 13.1. The number of nitrogens with one attached hydrogen (secondary N) is 1. The number of nitrogens with zero attached hydrogens (tertiary/aromatic N) is 2. The number of amides is 1. The lowest BCUT2D eigenvalue weighted by Gasteiger charge is -2.10. The van der Waals surface area contributed by atoms with E-state index in [0.717, 1.165) is 18.2 Å². The van der Waals surface area contributed by atoms with Crippen molar-refractivity contribution in [2.75, 3.05) is 5.32 Å². The van der Waals surface area contributed by atoms with Crippen molar-refractivity contribution in [2.24, 2.45) is 0 Å². The van der Waals surface area contributed by atoms with Gasteiger partial charge in [-0.15, -0.1) is 0 Å². The van der Waals surface area contributed by atoms with Crippen molar-refractivity contribution < 1.29 is 18.8 Å². The van der Waals surface area contributed by atoms with E-state index in [1.54, 1.807) is 24.3 Å². The normalized spacial score (nSPS) is 10.2. The number of halogens is 1. The Kier molecular flexibility index (Phi) is 4.84. The van der Waals surface area contributed by atoms with Gasteiger partial charge in [-0.25, -0.2) is 9.37 Å². The molecule has 0 spiro atoms. The van der Waals surface area contributed by atoms with Crippen LogP contribution < -0.4 is 10.1 Å². The van der Waals surface area contributed by atoms with Gasteiger partial charge in [-0.1, -0.05) is 18.2 Å². The average molecular weight is 353 g/mol. The minimum atomic E-state index is -0.793. The Morgan fingerprint density at radius 2 is 1.88 bits per heavy atom. The molecule has 2 aromatic carbocycles. The minimum Gasteiger partial charge on any atom is -0.438 e. The number of anilines is 1. The number of hydrogen-bond donors (Lipinski definition) is 1. The summed E-state index contributed by atoms with van der Waals surface area (Å²) in [6.45, 7) is 0. The highest BCUT2D eigenvalue weighted by atomic mass is 19.1. The predicted octanol–water partition coefficient (Wildman–Crippen LogP) is 4.17. The summed E-state index contributed by atoms with van der Waals surface area (Å²) < 4.78 is 19.5. The van der Waals surface area contributed by atoms with Gasteiger partial charge in [-0.2, -0.15) is 0 Å². The van der Waals surface area contributed by atoms with Crippen LogP contribution in [0.5, 0.6) is 11.6 Å². The molecule has 3 rings (SSSR count). The Balaban J connectivity index is 1.87. The molecular weight excluding hydrogens is 341 g/mol. The standard InChI is InChI=1S/C18H12FN3O4/c19-15-9-8-12(22(24)25)11-16(15)21-17(23)14-7-4-10-20-18(14)26-13-5-2-1-3-6-13/h1-11H,(H,21,23). The molecule has 0 radical (unpaired) electrons. The van der Waals surface area contributed by atoms with Gasteiger partial charge >= 0.3 is 0 Å². The summed E-state index contributed by atoms with van der Waals surface area (Å²) in [5.41, 5.74) is -0.588. The van der Waals surface area contributed by atoms with Gasteiger partial charge in [0, 0.05) is 18.3 Å². The number of non-ortho nitro benzene ring substituents is 1. The fraction of sp³-hybridized carbons (Fsp3) is 0. The summed E-state index contributed by atoms with van der Waals surface area (Å²) >= 11 is 0. The van der Waals surface area contributed by atoms with E-state index in [1.807, 2.05) is 6.07 Å². The first-order valence-corrected chi connectivity index (χ1v) is 7.48. The maximum Gasteiger partial charge on any atom is 0.271 e. The number of hydrogen-bond acceptors (Lipinski definition) is 5. The molecule has 0 aliphatic rings. The third-order valence-electron chi connectivity index (χ3n) is 3.38. The van der Waals surface area contributed by atoms with Crippen LogP contribution in [-0.2, 0) is 0 Å². The Morgan fingerprint density at radius 3 is 2.62 bits per heavy atom. The molecule has 26 heavy (non-hydrogen) atoms. The number of nitro benzene ring substituents is 1. The molecule has 0 aliphatic heterocycles. The second-order valence-corrected chi connectivity index (χ2v) is 5.15. The van der Waals surface area contributed by atoms with Crippen LogP contribution >= 0.6 is 0 Å². The number of rotatable bonds is 5. The fourth-order valence-corrected chi connectivity index (χ4v) is 2.16. The summed E-state index contributed by atoms with van der Waals surface area (Å²) in [7, 11) is 0. The molecule has 1 heterocycles. The minimum absolute atomic E-state index is 0.0297. The molecule has 7 nitrogen and oxygen atoms in total. The van der Waals surface area contributed by atoms with Crippen molar-refractivity contribution in [1.82, 2.24) is 4.98 Å². The van der Waals surface area contributed by atoms with Gasteiger partial charge in [0.15, 0.2) is 0 Å². The molecule has 0 fully saturated rings. The lowest BCUT2D eigenvalue weighted by atomic mass is 10.2. The summed E-state index contributed by atoms with van der Waals surface area (Å²) in [5.74, 6) is -0.995. The first kappa shape index (κ1) is 17.0. The SMILES string of the molecule is O=C(Nc1cc([N+](=O)[O-])ccc1F)c1cccnc1Oc1ccccc1. The maximum absolute atomic E-state index is 13.9. The topological polar surface area (TPSA) is 94.4 Å². The zero-order valence-corrected chi connectivity index (χ0v) is 13.3. The molecule has 0 saturated carbocycles. The Hall–Kier alpha value is -3.81. The van der Waals surface area contributed by atoms with Crippen LogP contribution in [0.2, 0.25) is 0 Å². The van der Waals surface area contributed by atoms with Gasteiger partial charge < -0.3 is 10.1 Å². The highest BCUT2D eigenvalue weighted by molar-refractivity contribution is 6.06. The number of aromatic nitrogens is 1. The Labute approximate surface area is 147 Å². The zero-order valence-electron chi connectivity index (χ0n) is 13.3. The van der Waals surface area contributed by atoms with Crippen LogP contribution in [0.15, 0.2) is 66.9 Å². The van der Waals surface area contributed by atoms with Crippen molar-refractivity contribution >= 4 is 17.3 Å². The van der Waals surface area contributed by atoms with E-state index in [1.165, 1.54) is 18.3 Å². The lowest BCUT2D eigenvalue weighted by Crippen LogP contribution is -2.14. The number of benzene rings is 2. The van der Waals surface area contributed by atoms with E-state index < -0.39 is 16.6 Å². The molecule has 1 N–H and O–H groups in total. The second-order valence-electron chi connectivity index (χ2n) is 5.15. The number of nitro groups is 1. The van der Waals surface area contributed by atoms with Crippen LogP contribution in [0, 0.1) is 15.9 Å². The molecule has 0 saturated heterocycles. The Morgan fingerprint density at radius 1 is 1.12 bits per heavy atom. The molecule has 130 valence electrons. The van der Waals surface area contributed by atoms with Crippen LogP contribution in [0.3, 0.4) is 0 Å². The Bertz CT molecular complexity index is 964. The summed E-state index contributed by atoms with van der Waals surface area (Å²) in [6.07, 6.45) is 1.45. The fourth-order valence-electron chi connectivity index (χ4n) is 2.16. The third kappa shape index (κ3) is 3.81. The van der Waals surface area contributed by atoms with Gasteiger partial charge in [-0.05, 0) is 30.3 Å². The molecule has 3 aromatic rings. The first-order valence-electron chi connectivity index (χ1n) is 7.48.